The minimum Gasteiger partial charge on any atom is -0.459 e. The van der Waals surface area contributed by atoms with E-state index in [1.165, 1.54) is 0 Å². The lowest BCUT2D eigenvalue weighted by molar-refractivity contribution is -0.147. The lowest BCUT2D eigenvalue weighted by Crippen LogP contribution is -2.43. The number of nitrogens with zero attached hydrogens (tertiary/aromatic N) is 1. The van der Waals surface area contributed by atoms with Gasteiger partial charge in [-0.15, -0.1) is 0 Å². The molecule has 34 heavy (non-hydrogen) atoms. The molecule has 0 spiro atoms. The first-order chi connectivity index (χ1) is 16.5. The zero-order chi connectivity index (χ0) is 23.9. The highest BCUT2D eigenvalue weighted by atomic mass is 16.6. The number of esters is 1. The van der Waals surface area contributed by atoms with Gasteiger partial charge < -0.3 is 19.4 Å². The van der Waals surface area contributed by atoms with Crippen molar-refractivity contribution >= 4 is 23.0 Å². The number of carbonyl (C=O) groups is 2. The highest BCUT2D eigenvalue weighted by Crippen LogP contribution is 2.26. The number of hydrogen-bond acceptors (Lipinski definition) is 4. The molecule has 0 aliphatic heterocycles. The summed E-state index contributed by atoms with van der Waals surface area (Å²) in [5, 5.41) is 3.77. The van der Waals surface area contributed by atoms with Crippen molar-refractivity contribution in [1.29, 1.82) is 0 Å². The van der Waals surface area contributed by atoms with Crippen molar-refractivity contribution in [1.82, 2.24) is 9.88 Å². The molecule has 0 aliphatic rings. The Morgan fingerprint density at radius 2 is 1.38 bits per heavy atom. The van der Waals surface area contributed by atoms with Crippen LogP contribution < -0.4 is 5.32 Å². The van der Waals surface area contributed by atoms with Crippen LogP contribution in [0.5, 0.6) is 0 Å². The number of rotatable bonds is 8. The molecule has 6 heteroatoms. The van der Waals surface area contributed by atoms with Gasteiger partial charge in [0.05, 0.1) is 0 Å². The Kier molecular flexibility index (Phi) is 7.28. The van der Waals surface area contributed by atoms with Crippen molar-refractivity contribution in [3.63, 3.8) is 0 Å². The van der Waals surface area contributed by atoms with Gasteiger partial charge in [-0.05, 0) is 29.7 Å². The summed E-state index contributed by atoms with van der Waals surface area (Å²) in [6, 6.07) is 26.0. The number of fused-ring (bicyclic) bond motifs is 1. The summed E-state index contributed by atoms with van der Waals surface area (Å²) >= 11 is 0. The standard InChI is InChI=1S/C28H28N2O4/c1-20-24(23-15-9-10-16-26(23)30(20)2)17-25(27(31)33-18-21-11-5-3-6-12-21)29-28(32)34-19-22-13-7-4-8-14-22/h3-16,25H,17-19H2,1-2H3,(H,29,32)/t25-/m0/s1. The highest BCUT2D eigenvalue weighted by Gasteiger charge is 2.26. The van der Waals surface area contributed by atoms with E-state index in [4.69, 9.17) is 9.47 Å². The molecule has 1 heterocycles. The van der Waals surface area contributed by atoms with E-state index in [1.807, 2.05) is 98.9 Å². The fraction of sp³-hybridized carbons (Fsp3) is 0.214. The molecule has 0 radical (unpaired) electrons. The molecule has 4 aromatic rings. The van der Waals surface area contributed by atoms with E-state index in [1.54, 1.807) is 0 Å². The molecular weight excluding hydrogens is 428 g/mol. The van der Waals surface area contributed by atoms with Crippen LogP contribution >= 0.6 is 0 Å². The number of alkyl carbamates (subject to hydrolysis) is 1. The third-order valence-corrected chi connectivity index (χ3v) is 5.95. The monoisotopic (exact) mass is 456 g/mol. The van der Waals surface area contributed by atoms with Gasteiger partial charge in [-0.3, -0.25) is 0 Å². The molecule has 3 aromatic carbocycles. The molecule has 6 nitrogen and oxygen atoms in total. The van der Waals surface area contributed by atoms with E-state index in [2.05, 4.69) is 9.88 Å². The molecule has 1 amide bonds. The summed E-state index contributed by atoms with van der Waals surface area (Å²) in [7, 11) is 1.99. The molecule has 1 N–H and O–H groups in total. The van der Waals surface area contributed by atoms with Gasteiger partial charge >= 0.3 is 12.1 Å². The van der Waals surface area contributed by atoms with Crippen LogP contribution in [0.2, 0.25) is 0 Å². The van der Waals surface area contributed by atoms with E-state index in [9.17, 15) is 9.59 Å². The second-order valence-corrected chi connectivity index (χ2v) is 8.20. The molecule has 0 saturated heterocycles. The van der Waals surface area contributed by atoms with Crippen molar-refractivity contribution in [2.45, 2.75) is 32.6 Å². The highest BCUT2D eigenvalue weighted by molar-refractivity contribution is 5.87. The second-order valence-electron chi connectivity index (χ2n) is 8.20. The Morgan fingerprint density at radius 1 is 0.824 bits per heavy atom. The van der Waals surface area contributed by atoms with E-state index >= 15 is 0 Å². The topological polar surface area (TPSA) is 69.6 Å². The van der Waals surface area contributed by atoms with E-state index in [-0.39, 0.29) is 13.2 Å². The van der Waals surface area contributed by atoms with Gasteiger partial charge in [0.25, 0.3) is 0 Å². The maximum absolute atomic E-state index is 13.1. The number of ether oxygens (including phenoxy) is 2. The van der Waals surface area contributed by atoms with Crippen molar-refractivity contribution < 1.29 is 19.1 Å². The Balaban J connectivity index is 1.51. The van der Waals surface area contributed by atoms with Gasteiger partial charge in [-0.2, -0.15) is 0 Å². The van der Waals surface area contributed by atoms with Gasteiger partial charge in [0.15, 0.2) is 0 Å². The number of nitrogens with one attached hydrogen (secondary N) is 1. The van der Waals surface area contributed by atoms with Gasteiger partial charge in [0, 0.05) is 30.1 Å². The summed E-state index contributed by atoms with van der Waals surface area (Å²) < 4.78 is 13.0. The van der Waals surface area contributed by atoms with Crippen molar-refractivity contribution in [2.75, 3.05) is 0 Å². The number of amides is 1. The van der Waals surface area contributed by atoms with Crippen LogP contribution in [0.25, 0.3) is 10.9 Å². The molecule has 0 fully saturated rings. The first kappa shape index (κ1) is 23.1. The molecular formula is C28H28N2O4. The Hall–Kier alpha value is -4.06. The van der Waals surface area contributed by atoms with Crippen LogP contribution in [0.1, 0.15) is 22.4 Å². The van der Waals surface area contributed by atoms with Crippen LogP contribution in [0.4, 0.5) is 4.79 Å². The molecule has 0 saturated carbocycles. The van der Waals surface area contributed by atoms with Gasteiger partial charge in [0.2, 0.25) is 0 Å². The smallest absolute Gasteiger partial charge is 0.408 e. The van der Waals surface area contributed by atoms with Gasteiger partial charge in [-0.1, -0.05) is 78.9 Å². The predicted octanol–water partition coefficient (Wildman–Crippen LogP) is 5.07. The van der Waals surface area contributed by atoms with Crippen LogP contribution in [0.3, 0.4) is 0 Å². The maximum atomic E-state index is 13.1. The second kappa shape index (κ2) is 10.7. The van der Waals surface area contributed by atoms with Crippen LogP contribution in [-0.2, 0) is 41.0 Å². The normalized spacial score (nSPS) is 11.7. The van der Waals surface area contributed by atoms with Crippen LogP contribution in [-0.4, -0.2) is 22.7 Å². The maximum Gasteiger partial charge on any atom is 0.408 e. The number of hydrogen-bond donors (Lipinski definition) is 1. The largest absolute Gasteiger partial charge is 0.459 e. The van der Waals surface area contributed by atoms with Crippen molar-refractivity contribution in [3.8, 4) is 0 Å². The van der Waals surface area contributed by atoms with Gasteiger partial charge in [-0.25, -0.2) is 9.59 Å². The molecule has 0 bridgehead atoms. The van der Waals surface area contributed by atoms with Crippen LogP contribution in [0, 0.1) is 6.92 Å². The fourth-order valence-corrected chi connectivity index (χ4v) is 3.99. The van der Waals surface area contributed by atoms with Crippen molar-refractivity contribution in [2.24, 2.45) is 7.05 Å². The average molecular weight is 457 g/mol. The average Bonchev–Trinajstić information content (AvgIpc) is 3.11. The Labute approximate surface area is 199 Å². The molecule has 174 valence electrons. The number of aromatic nitrogens is 1. The zero-order valence-electron chi connectivity index (χ0n) is 19.4. The minimum absolute atomic E-state index is 0.117. The Bertz CT molecular complexity index is 1270. The summed E-state index contributed by atoms with van der Waals surface area (Å²) in [5.41, 5.74) is 4.83. The van der Waals surface area contributed by atoms with Crippen LogP contribution in [0.15, 0.2) is 84.9 Å². The lowest BCUT2D eigenvalue weighted by Gasteiger charge is -2.18. The van der Waals surface area contributed by atoms with E-state index < -0.39 is 18.1 Å². The van der Waals surface area contributed by atoms with Crippen molar-refractivity contribution in [3.05, 3.63) is 107 Å². The number of aryl methyl sites for hydroxylation is 1. The quantitative estimate of drug-likeness (QED) is 0.376. The number of benzene rings is 3. The lowest BCUT2D eigenvalue weighted by atomic mass is 10.0. The fourth-order valence-electron chi connectivity index (χ4n) is 3.99. The number of carbonyl (C=O) groups excluding carboxylic acids is 2. The number of para-hydroxylation sites is 1. The zero-order valence-corrected chi connectivity index (χ0v) is 19.4. The predicted molar refractivity (Wildman–Crippen MR) is 131 cm³/mol. The first-order valence-corrected chi connectivity index (χ1v) is 11.2. The summed E-state index contributed by atoms with van der Waals surface area (Å²) in [6.07, 6.45) is -0.371. The van der Waals surface area contributed by atoms with E-state index in [0.717, 1.165) is 33.3 Å². The van der Waals surface area contributed by atoms with Gasteiger partial charge in [0.1, 0.15) is 19.3 Å². The minimum atomic E-state index is -0.892. The molecule has 4 rings (SSSR count). The Morgan fingerprint density at radius 3 is 2.03 bits per heavy atom. The first-order valence-electron chi connectivity index (χ1n) is 11.2. The molecule has 1 aromatic heterocycles. The summed E-state index contributed by atoms with van der Waals surface area (Å²) in [5.74, 6) is -0.507. The third-order valence-electron chi connectivity index (χ3n) is 5.95. The molecule has 1 atom stereocenters. The van der Waals surface area contributed by atoms with E-state index in [0.29, 0.717) is 6.42 Å². The molecule has 0 unspecified atom stereocenters. The third kappa shape index (κ3) is 5.46. The SMILES string of the molecule is Cc1c(C[C@H](NC(=O)OCc2ccccc2)C(=O)OCc2ccccc2)c2ccccc2n1C. The summed E-state index contributed by atoms with van der Waals surface area (Å²) in [4.78, 5) is 25.7. The molecule has 0 aliphatic carbocycles. The summed E-state index contributed by atoms with van der Waals surface area (Å²) in [6.45, 7) is 2.26.